The third kappa shape index (κ3) is 1.96. The van der Waals surface area contributed by atoms with Crippen molar-refractivity contribution in [2.75, 3.05) is 18.4 Å². The zero-order valence-electron chi connectivity index (χ0n) is 6.65. The molecular weight excluding hydrogens is 190 g/mol. The average Bonchev–Trinajstić information content (AvgIpc) is 1.83. The Morgan fingerprint density at radius 3 is 2.50 bits per heavy atom. The summed E-state index contributed by atoms with van der Waals surface area (Å²) >= 11 is 3.47. The van der Waals surface area contributed by atoms with E-state index in [2.05, 4.69) is 27.8 Å². The number of nitrogens with zero attached hydrogens (tertiary/aromatic N) is 1. The number of alkyl halides is 1. The first-order valence-electron chi connectivity index (χ1n) is 4.18. The lowest BCUT2D eigenvalue weighted by atomic mass is 9.91. The second-order valence-electron chi connectivity index (χ2n) is 2.90. The van der Waals surface area contributed by atoms with Gasteiger partial charge in [0.2, 0.25) is 0 Å². The van der Waals surface area contributed by atoms with E-state index in [1.165, 1.54) is 32.4 Å². The molecule has 0 bridgehead atoms. The Morgan fingerprint density at radius 1 is 1.50 bits per heavy atom. The molecule has 1 fully saturated rings. The first-order valence-corrected chi connectivity index (χ1v) is 5.30. The van der Waals surface area contributed by atoms with Gasteiger partial charge in [0, 0.05) is 17.9 Å². The van der Waals surface area contributed by atoms with Crippen molar-refractivity contribution in [2.24, 2.45) is 0 Å². The average molecular weight is 206 g/mol. The molecular formula is C8H16BrN. The molecule has 0 aromatic heterocycles. The summed E-state index contributed by atoms with van der Waals surface area (Å²) in [5.41, 5.74) is 0. The molecule has 0 spiro atoms. The minimum absolute atomic E-state index is 0.919. The van der Waals surface area contributed by atoms with Crippen molar-refractivity contribution in [1.29, 1.82) is 0 Å². The maximum Gasteiger partial charge on any atom is 0.0159 e. The fourth-order valence-electron chi connectivity index (χ4n) is 1.46. The van der Waals surface area contributed by atoms with Crippen molar-refractivity contribution in [2.45, 2.75) is 32.2 Å². The van der Waals surface area contributed by atoms with Crippen molar-refractivity contribution < 1.29 is 0 Å². The fourth-order valence-corrected chi connectivity index (χ4v) is 1.91. The van der Waals surface area contributed by atoms with Crippen LogP contribution in [-0.2, 0) is 0 Å². The van der Waals surface area contributed by atoms with E-state index < -0.39 is 0 Å². The second-order valence-corrected chi connectivity index (χ2v) is 3.70. The van der Waals surface area contributed by atoms with Crippen LogP contribution < -0.4 is 0 Å². The molecule has 0 atom stereocenters. The minimum atomic E-state index is 0.919. The molecule has 1 nitrogen and oxygen atoms in total. The van der Waals surface area contributed by atoms with E-state index in [0.29, 0.717) is 0 Å². The van der Waals surface area contributed by atoms with Gasteiger partial charge >= 0.3 is 0 Å². The molecule has 1 saturated carbocycles. The largest absolute Gasteiger partial charge is 0.300 e. The Labute approximate surface area is 71.9 Å². The van der Waals surface area contributed by atoms with Crippen LogP contribution >= 0.6 is 15.9 Å². The van der Waals surface area contributed by atoms with Crippen LogP contribution in [0, 0.1) is 0 Å². The second kappa shape index (κ2) is 4.35. The summed E-state index contributed by atoms with van der Waals surface area (Å²) in [5, 5.41) is 1.12. The van der Waals surface area contributed by atoms with Crippen molar-refractivity contribution >= 4 is 15.9 Å². The highest BCUT2D eigenvalue weighted by Gasteiger charge is 2.22. The third-order valence-corrected chi connectivity index (χ3v) is 2.72. The monoisotopic (exact) mass is 205 g/mol. The van der Waals surface area contributed by atoms with Gasteiger partial charge in [0.1, 0.15) is 0 Å². The summed E-state index contributed by atoms with van der Waals surface area (Å²) < 4.78 is 0. The van der Waals surface area contributed by atoms with E-state index in [0.717, 1.165) is 11.4 Å². The quantitative estimate of drug-likeness (QED) is 0.637. The van der Waals surface area contributed by atoms with E-state index in [-0.39, 0.29) is 0 Å². The zero-order valence-corrected chi connectivity index (χ0v) is 8.23. The topological polar surface area (TPSA) is 3.24 Å². The van der Waals surface area contributed by atoms with Gasteiger partial charge < -0.3 is 0 Å². The van der Waals surface area contributed by atoms with E-state index in [9.17, 15) is 0 Å². The normalized spacial score (nSPS) is 19.5. The summed E-state index contributed by atoms with van der Waals surface area (Å²) in [6, 6.07) is 0.919. The predicted octanol–water partition coefficient (Wildman–Crippen LogP) is 2.26. The molecule has 0 aliphatic heterocycles. The molecule has 0 amide bonds. The Hall–Kier alpha value is 0.440. The standard InChI is InChI=1S/C8H16BrN/c1-2-10(7-6-9)8-4-3-5-8/h8H,2-7H2,1H3. The third-order valence-electron chi connectivity index (χ3n) is 2.37. The van der Waals surface area contributed by atoms with Gasteiger partial charge in [-0.15, -0.1) is 0 Å². The number of halogens is 1. The first kappa shape index (κ1) is 8.54. The lowest BCUT2D eigenvalue weighted by molar-refractivity contribution is 0.143. The molecule has 1 aliphatic rings. The van der Waals surface area contributed by atoms with E-state index >= 15 is 0 Å². The van der Waals surface area contributed by atoms with Crippen LogP contribution in [0.15, 0.2) is 0 Å². The highest BCUT2D eigenvalue weighted by molar-refractivity contribution is 9.09. The van der Waals surface area contributed by atoms with Crippen molar-refractivity contribution in [1.82, 2.24) is 4.90 Å². The van der Waals surface area contributed by atoms with Gasteiger partial charge in [0.25, 0.3) is 0 Å². The Kier molecular flexibility index (Phi) is 3.71. The van der Waals surface area contributed by atoms with E-state index in [1.807, 2.05) is 0 Å². The molecule has 0 saturated heterocycles. The fraction of sp³-hybridized carbons (Fsp3) is 1.00. The van der Waals surface area contributed by atoms with Gasteiger partial charge in [-0.2, -0.15) is 0 Å². The first-order chi connectivity index (χ1) is 4.88. The van der Waals surface area contributed by atoms with Gasteiger partial charge in [-0.05, 0) is 19.4 Å². The van der Waals surface area contributed by atoms with Crippen LogP contribution in [0.2, 0.25) is 0 Å². The molecule has 2 heteroatoms. The molecule has 1 aliphatic carbocycles. The summed E-state index contributed by atoms with van der Waals surface area (Å²) in [4.78, 5) is 2.57. The molecule has 10 heavy (non-hydrogen) atoms. The summed E-state index contributed by atoms with van der Waals surface area (Å²) in [6.07, 6.45) is 4.31. The van der Waals surface area contributed by atoms with Crippen LogP contribution in [-0.4, -0.2) is 29.4 Å². The molecule has 0 unspecified atom stereocenters. The summed E-state index contributed by atoms with van der Waals surface area (Å²) in [6.45, 7) is 4.69. The van der Waals surface area contributed by atoms with Crippen LogP contribution in [0.3, 0.4) is 0 Å². The smallest absolute Gasteiger partial charge is 0.0159 e. The Morgan fingerprint density at radius 2 is 2.20 bits per heavy atom. The Balaban J connectivity index is 2.17. The zero-order chi connectivity index (χ0) is 7.40. The van der Waals surface area contributed by atoms with Crippen LogP contribution in [0.4, 0.5) is 0 Å². The van der Waals surface area contributed by atoms with E-state index in [1.54, 1.807) is 0 Å². The van der Waals surface area contributed by atoms with Crippen LogP contribution in [0.25, 0.3) is 0 Å². The maximum atomic E-state index is 3.47. The minimum Gasteiger partial charge on any atom is -0.300 e. The SMILES string of the molecule is CCN(CCBr)C1CCC1. The van der Waals surface area contributed by atoms with Gasteiger partial charge in [0.05, 0.1) is 0 Å². The highest BCUT2D eigenvalue weighted by Crippen LogP contribution is 2.24. The maximum absolute atomic E-state index is 3.47. The summed E-state index contributed by atoms with van der Waals surface area (Å²) in [7, 11) is 0. The molecule has 0 aromatic carbocycles. The lowest BCUT2D eigenvalue weighted by Gasteiger charge is -2.36. The lowest BCUT2D eigenvalue weighted by Crippen LogP contribution is -2.40. The van der Waals surface area contributed by atoms with Crippen LogP contribution in [0.5, 0.6) is 0 Å². The molecule has 0 heterocycles. The Bertz CT molecular complexity index is 91.3. The van der Waals surface area contributed by atoms with Crippen molar-refractivity contribution in [3.05, 3.63) is 0 Å². The van der Waals surface area contributed by atoms with Crippen molar-refractivity contribution in [3.63, 3.8) is 0 Å². The number of hydrogen-bond acceptors (Lipinski definition) is 1. The number of hydrogen-bond donors (Lipinski definition) is 0. The van der Waals surface area contributed by atoms with Gasteiger partial charge in [-0.3, -0.25) is 4.90 Å². The van der Waals surface area contributed by atoms with Crippen LogP contribution in [0.1, 0.15) is 26.2 Å². The molecule has 0 radical (unpaired) electrons. The van der Waals surface area contributed by atoms with Gasteiger partial charge in [-0.25, -0.2) is 0 Å². The molecule has 0 N–H and O–H groups in total. The highest BCUT2D eigenvalue weighted by atomic mass is 79.9. The van der Waals surface area contributed by atoms with Gasteiger partial charge in [-0.1, -0.05) is 29.3 Å². The molecule has 0 aromatic rings. The predicted molar refractivity (Wildman–Crippen MR) is 48.7 cm³/mol. The summed E-state index contributed by atoms with van der Waals surface area (Å²) in [5.74, 6) is 0. The number of rotatable bonds is 4. The van der Waals surface area contributed by atoms with E-state index in [4.69, 9.17) is 0 Å². The molecule has 1 rings (SSSR count). The molecule has 60 valence electrons. The van der Waals surface area contributed by atoms with Crippen molar-refractivity contribution in [3.8, 4) is 0 Å². The van der Waals surface area contributed by atoms with Gasteiger partial charge in [0.15, 0.2) is 0 Å².